The Morgan fingerprint density at radius 3 is 2.64 bits per heavy atom. The predicted molar refractivity (Wildman–Crippen MR) is 82.9 cm³/mol. The minimum absolute atomic E-state index is 0.113. The highest BCUT2D eigenvalue weighted by Gasteiger charge is 2.19. The van der Waals surface area contributed by atoms with Gasteiger partial charge in [-0.2, -0.15) is 5.10 Å². The molecular formula is C14H14N4O4. The Hall–Kier alpha value is -3.03. The second kappa shape index (κ2) is 6.61. The standard InChI is InChI=1S/C14H14N4O4/c1-10(11-5-3-2-4-6-11)15-16-13-8-7-12(17(19)20)9-14(13)18(21)22/h2-3,5,7-9,16H,4,6H2,1H3/b15-10-. The fraction of sp³-hybridized carbons (Fsp3) is 0.214. The third-order valence-corrected chi connectivity index (χ3v) is 3.21. The summed E-state index contributed by atoms with van der Waals surface area (Å²) in [7, 11) is 0. The van der Waals surface area contributed by atoms with Crippen molar-refractivity contribution in [3.63, 3.8) is 0 Å². The van der Waals surface area contributed by atoms with E-state index in [0.717, 1.165) is 30.2 Å². The van der Waals surface area contributed by atoms with Crippen molar-refractivity contribution in [2.75, 3.05) is 5.43 Å². The molecule has 0 atom stereocenters. The van der Waals surface area contributed by atoms with Gasteiger partial charge in [0.1, 0.15) is 5.69 Å². The van der Waals surface area contributed by atoms with Crippen LogP contribution in [0.5, 0.6) is 0 Å². The van der Waals surface area contributed by atoms with Crippen molar-refractivity contribution >= 4 is 22.8 Å². The number of nitro groups is 2. The van der Waals surface area contributed by atoms with E-state index in [0.29, 0.717) is 0 Å². The molecule has 1 aromatic rings. The normalized spacial score (nSPS) is 14.4. The summed E-state index contributed by atoms with van der Waals surface area (Å²) < 4.78 is 0. The van der Waals surface area contributed by atoms with Gasteiger partial charge < -0.3 is 0 Å². The number of rotatable bonds is 5. The molecular weight excluding hydrogens is 288 g/mol. The molecule has 8 nitrogen and oxygen atoms in total. The molecule has 0 saturated heterocycles. The molecule has 8 heteroatoms. The van der Waals surface area contributed by atoms with Gasteiger partial charge in [-0.15, -0.1) is 0 Å². The van der Waals surface area contributed by atoms with Crippen LogP contribution in [0.15, 0.2) is 47.1 Å². The summed E-state index contributed by atoms with van der Waals surface area (Å²) in [4.78, 5) is 20.3. The van der Waals surface area contributed by atoms with E-state index in [9.17, 15) is 20.2 Å². The van der Waals surface area contributed by atoms with Crippen LogP contribution >= 0.6 is 0 Å². The van der Waals surface area contributed by atoms with Gasteiger partial charge in [-0.3, -0.25) is 25.7 Å². The van der Waals surface area contributed by atoms with Crippen molar-refractivity contribution in [1.82, 2.24) is 0 Å². The minimum atomic E-state index is -0.678. The van der Waals surface area contributed by atoms with E-state index in [4.69, 9.17) is 0 Å². The van der Waals surface area contributed by atoms with E-state index in [1.54, 1.807) is 6.92 Å². The lowest BCUT2D eigenvalue weighted by Crippen LogP contribution is -2.04. The Morgan fingerprint density at radius 1 is 1.27 bits per heavy atom. The van der Waals surface area contributed by atoms with Crippen molar-refractivity contribution < 1.29 is 9.85 Å². The summed E-state index contributed by atoms with van der Waals surface area (Å²) >= 11 is 0. The quantitative estimate of drug-likeness (QED) is 0.507. The highest BCUT2D eigenvalue weighted by Crippen LogP contribution is 2.29. The van der Waals surface area contributed by atoms with Crippen molar-refractivity contribution in [3.05, 3.63) is 62.2 Å². The average Bonchev–Trinajstić information content (AvgIpc) is 2.53. The van der Waals surface area contributed by atoms with E-state index >= 15 is 0 Å². The van der Waals surface area contributed by atoms with E-state index in [-0.39, 0.29) is 17.1 Å². The van der Waals surface area contributed by atoms with Gasteiger partial charge in [0.25, 0.3) is 5.69 Å². The van der Waals surface area contributed by atoms with E-state index in [1.165, 1.54) is 12.1 Å². The Balaban J connectivity index is 2.25. The molecule has 1 aliphatic carbocycles. The number of benzene rings is 1. The molecule has 0 unspecified atom stereocenters. The largest absolute Gasteiger partial charge is 0.301 e. The molecule has 1 N–H and O–H groups in total. The van der Waals surface area contributed by atoms with Crippen LogP contribution in [-0.2, 0) is 0 Å². The van der Waals surface area contributed by atoms with Crippen molar-refractivity contribution in [3.8, 4) is 0 Å². The Kier molecular flexibility index (Phi) is 4.62. The third-order valence-electron chi connectivity index (χ3n) is 3.21. The number of nitro benzene ring substituents is 2. The number of nitrogens with zero attached hydrogens (tertiary/aromatic N) is 3. The van der Waals surface area contributed by atoms with Gasteiger partial charge in [0.15, 0.2) is 0 Å². The van der Waals surface area contributed by atoms with Gasteiger partial charge in [0.05, 0.1) is 21.6 Å². The molecule has 1 aliphatic rings. The summed E-state index contributed by atoms with van der Waals surface area (Å²) in [5, 5.41) is 25.8. The van der Waals surface area contributed by atoms with Crippen molar-refractivity contribution in [2.24, 2.45) is 5.10 Å². The molecule has 0 aromatic heterocycles. The maximum atomic E-state index is 11.0. The van der Waals surface area contributed by atoms with Crippen LogP contribution in [0.4, 0.5) is 17.1 Å². The SMILES string of the molecule is C/C(=N/Nc1ccc([N+](=O)[O-])cc1[N+](=O)[O-])C1=CC=CCC1. The Morgan fingerprint density at radius 2 is 2.05 bits per heavy atom. The van der Waals surface area contributed by atoms with Crippen LogP contribution in [-0.4, -0.2) is 15.6 Å². The smallest absolute Gasteiger partial charge is 0.271 e. The highest BCUT2D eigenvalue weighted by molar-refractivity contribution is 5.99. The maximum absolute atomic E-state index is 11.0. The zero-order chi connectivity index (χ0) is 16.1. The van der Waals surface area contributed by atoms with E-state index in [2.05, 4.69) is 10.5 Å². The van der Waals surface area contributed by atoms with Crippen LogP contribution in [0.3, 0.4) is 0 Å². The fourth-order valence-electron chi connectivity index (χ4n) is 2.00. The molecule has 0 amide bonds. The number of hydrogen-bond acceptors (Lipinski definition) is 6. The molecule has 0 fully saturated rings. The molecule has 0 heterocycles. The molecule has 0 bridgehead atoms. The number of anilines is 1. The summed E-state index contributed by atoms with van der Waals surface area (Å²) in [6.45, 7) is 1.80. The zero-order valence-electron chi connectivity index (χ0n) is 11.9. The van der Waals surface area contributed by atoms with Gasteiger partial charge in [-0.25, -0.2) is 0 Å². The second-order valence-corrected chi connectivity index (χ2v) is 4.68. The summed E-state index contributed by atoms with van der Waals surface area (Å²) in [5.41, 5.74) is 3.77. The van der Waals surface area contributed by atoms with E-state index < -0.39 is 9.85 Å². The Bertz CT molecular complexity index is 707. The van der Waals surface area contributed by atoms with Crippen LogP contribution in [0, 0.1) is 20.2 Å². The molecule has 0 radical (unpaired) electrons. The summed E-state index contributed by atoms with van der Waals surface area (Å²) in [6, 6.07) is 3.39. The van der Waals surface area contributed by atoms with Gasteiger partial charge in [0, 0.05) is 6.07 Å². The number of non-ortho nitro benzene ring substituents is 1. The first-order valence-electron chi connectivity index (χ1n) is 6.58. The van der Waals surface area contributed by atoms with Crippen molar-refractivity contribution in [2.45, 2.75) is 19.8 Å². The van der Waals surface area contributed by atoms with E-state index in [1.807, 2.05) is 18.2 Å². The fourth-order valence-corrected chi connectivity index (χ4v) is 2.00. The molecule has 1 aromatic carbocycles. The van der Waals surface area contributed by atoms with Gasteiger partial charge in [-0.05, 0) is 31.4 Å². The molecule has 114 valence electrons. The molecule has 0 saturated carbocycles. The first-order chi connectivity index (χ1) is 10.5. The lowest BCUT2D eigenvalue weighted by molar-refractivity contribution is -0.393. The first-order valence-corrected chi connectivity index (χ1v) is 6.58. The number of hydrogen-bond donors (Lipinski definition) is 1. The average molecular weight is 302 g/mol. The molecule has 0 aliphatic heterocycles. The third kappa shape index (κ3) is 3.54. The molecule has 0 spiro atoms. The summed E-state index contributed by atoms with van der Waals surface area (Å²) in [5.74, 6) is 0. The lowest BCUT2D eigenvalue weighted by Gasteiger charge is -2.09. The van der Waals surface area contributed by atoms with Crippen LogP contribution < -0.4 is 5.43 Å². The maximum Gasteiger partial charge on any atom is 0.301 e. The first kappa shape index (κ1) is 15.4. The second-order valence-electron chi connectivity index (χ2n) is 4.68. The summed E-state index contributed by atoms with van der Waals surface area (Å²) in [6.07, 6.45) is 7.71. The van der Waals surface area contributed by atoms with Gasteiger partial charge in [0.2, 0.25) is 0 Å². The van der Waals surface area contributed by atoms with Crippen LogP contribution in [0.2, 0.25) is 0 Å². The highest BCUT2D eigenvalue weighted by atomic mass is 16.6. The van der Waals surface area contributed by atoms with Crippen LogP contribution in [0.25, 0.3) is 0 Å². The number of nitrogens with one attached hydrogen (secondary N) is 1. The van der Waals surface area contributed by atoms with Crippen molar-refractivity contribution in [1.29, 1.82) is 0 Å². The zero-order valence-corrected chi connectivity index (χ0v) is 11.9. The van der Waals surface area contributed by atoms with Gasteiger partial charge >= 0.3 is 5.69 Å². The molecule has 2 rings (SSSR count). The monoisotopic (exact) mass is 302 g/mol. The number of hydrazone groups is 1. The lowest BCUT2D eigenvalue weighted by atomic mass is 10.0. The number of allylic oxidation sites excluding steroid dienone is 4. The predicted octanol–water partition coefficient (Wildman–Crippen LogP) is 3.57. The Labute approximate surface area is 126 Å². The topological polar surface area (TPSA) is 111 Å². The molecule has 22 heavy (non-hydrogen) atoms. The minimum Gasteiger partial charge on any atom is -0.271 e. The van der Waals surface area contributed by atoms with Crippen LogP contribution in [0.1, 0.15) is 19.8 Å². The van der Waals surface area contributed by atoms with Gasteiger partial charge in [-0.1, -0.05) is 18.2 Å².